The lowest BCUT2D eigenvalue weighted by Crippen LogP contribution is -2.14. The first-order chi connectivity index (χ1) is 8.31. The van der Waals surface area contributed by atoms with Crippen LogP contribution in [0.15, 0.2) is 38.9 Å². The largest absolute Gasteiger partial charge is 0.480 e. The van der Waals surface area contributed by atoms with Crippen LogP contribution in [0.2, 0.25) is 0 Å². The van der Waals surface area contributed by atoms with Gasteiger partial charge in [-0.25, -0.2) is 4.98 Å². The maximum atomic E-state index is 11.5. The third kappa shape index (κ3) is 2.60. The second kappa shape index (κ2) is 5.11. The van der Waals surface area contributed by atoms with Crippen LogP contribution in [0.3, 0.4) is 0 Å². The molecule has 2 aromatic rings. The third-order valence-electron chi connectivity index (χ3n) is 2.09. The second-order valence-corrected chi connectivity index (χ2v) is 3.20. The van der Waals surface area contributed by atoms with E-state index in [4.69, 9.17) is 9.15 Å². The summed E-state index contributed by atoms with van der Waals surface area (Å²) < 4.78 is 10.1. The predicted octanol–water partition coefficient (Wildman–Crippen LogP) is 0.991. The van der Waals surface area contributed by atoms with Gasteiger partial charge in [-0.3, -0.25) is 9.79 Å². The number of aromatic nitrogens is 2. The van der Waals surface area contributed by atoms with Gasteiger partial charge in [0.25, 0.3) is 5.56 Å². The lowest BCUT2D eigenvalue weighted by Gasteiger charge is -2.00. The Morgan fingerprint density at radius 3 is 3.24 bits per heavy atom. The summed E-state index contributed by atoms with van der Waals surface area (Å²) >= 11 is 0. The number of hydrogen-bond donors (Lipinski definition) is 1. The number of ether oxygens (including phenoxy) is 1. The molecular formula is C11H11N3O3. The highest BCUT2D eigenvalue weighted by Crippen LogP contribution is 2.06. The van der Waals surface area contributed by atoms with Crippen LogP contribution in [0.5, 0.6) is 5.88 Å². The van der Waals surface area contributed by atoms with Crippen molar-refractivity contribution in [2.45, 2.75) is 6.54 Å². The number of methoxy groups -OCH3 is 1. The van der Waals surface area contributed by atoms with Gasteiger partial charge >= 0.3 is 0 Å². The molecule has 0 atom stereocenters. The van der Waals surface area contributed by atoms with Crippen molar-refractivity contribution >= 4 is 6.21 Å². The minimum absolute atomic E-state index is 0.247. The fraction of sp³-hybridized carbons (Fsp3) is 0.182. The Morgan fingerprint density at radius 2 is 2.53 bits per heavy atom. The zero-order chi connectivity index (χ0) is 12.1. The topological polar surface area (TPSA) is 80.5 Å². The van der Waals surface area contributed by atoms with E-state index >= 15 is 0 Å². The van der Waals surface area contributed by atoms with Gasteiger partial charge in [0.05, 0.1) is 26.2 Å². The Bertz CT molecular complexity index is 558. The molecule has 2 aromatic heterocycles. The van der Waals surface area contributed by atoms with Crippen LogP contribution in [-0.4, -0.2) is 23.3 Å². The van der Waals surface area contributed by atoms with E-state index in [0.717, 1.165) is 5.76 Å². The van der Waals surface area contributed by atoms with Crippen LogP contribution in [0.25, 0.3) is 0 Å². The lowest BCUT2D eigenvalue weighted by molar-refractivity contribution is 0.395. The number of aliphatic imine (C=N–C) groups is 1. The summed E-state index contributed by atoms with van der Waals surface area (Å²) in [5.74, 6) is 0.970. The summed E-state index contributed by atoms with van der Waals surface area (Å²) in [6.07, 6.45) is 4.28. The normalized spacial score (nSPS) is 10.9. The predicted molar refractivity (Wildman–Crippen MR) is 61.4 cm³/mol. The van der Waals surface area contributed by atoms with Crippen LogP contribution >= 0.6 is 0 Å². The fourth-order valence-corrected chi connectivity index (χ4v) is 1.30. The Balaban J connectivity index is 2.18. The molecule has 0 radical (unpaired) electrons. The summed E-state index contributed by atoms with van der Waals surface area (Å²) in [4.78, 5) is 21.9. The Hall–Kier alpha value is -2.37. The molecule has 0 fully saturated rings. The standard InChI is InChI=1S/C11H11N3O3/c1-16-11-9(10(15)13-7-14-11)6-12-5-8-3-2-4-17-8/h2-4,6-7H,5H2,1H3,(H,13,14,15). The smallest absolute Gasteiger partial charge is 0.263 e. The second-order valence-electron chi connectivity index (χ2n) is 3.20. The van der Waals surface area contributed by atoms with Crippen molar-refractivity contribution in [3.8, 4) is 5.88 Å². The molecule has 0 spiro atoms. The van der Waals surface area contributed by atoms with Crippen molar-refractivity contribution in [2.24, 2.45) is 4.99 Å². The van der Waals surface area contributed by atoms with Crippen molar-refractivity contribution in [2.75, 3.05) is 7.11 Å². The molecule has 0 unspecified atom stereocenters. The van der Waals surface area contributed by atoms with E-state index in [1.807, 2.05) is 6.07 Å². The van der Waals surface area contributed by atoms with Crippen molar-refractivity contribution in [1.29, 1.82) is 0 Å². The van der Waals surface area contributed by atoms with E-state index in [0.29, 0.717) is 12.1 Å². The molecule has 0 aromatic carbocycles. The minimum atomic E-state index is -0.292. The van der Waals surface area contributed by atoms with Crippen LogP contribution in [-0.2, 0) is 6.54 Å². The molecule has 0 amide bonds. The van der Waals surface area contributed by atoms with Gasteiger partial charge in [-0.2, -0.15) is 0 Å². The molecule has 0 aliphatic heterocycles. The molecule has 6 nitrogen and oxygen atoms in total. The molecule has 0 aliphatic carbocycles. The summed E-state index contributed by atoms with van der Waals surface area (Å²) in [5.41, 5.74) is 0.00148. The molecule has 0 bridgehead atoms. The van der Waals surface area contributed by atoms with Gasteiger partial charge < -0.3 is 14.1 Å². The highest BCUT2D eigenvalue weighted by Gasteiger charge is 2.05. The Kier molecular flexibility index (Phi) is 3.34. The number of hydrogen-bond acceptors (Lipinski definition) is 5. The van der Waals surface area contributed by atoms with E-state index in [2.05, 4.69) is 15.0 Å². The molecule has 0 saturated heterocycles. The van der Waals surface area contributed by atoms with Gasteiger partial charge in [0.2, 0.25) is 5.88 Å². The molecule has 6 heteroatoms. The monoisotopic (exact) mass is 233 g/mol. The van der Waals surface area contributed by atoms with Crippen molar-refractivity contribution < 1.29 is 9.15 Å². The lowest BCUT2D eigenvalue weighted by atomic mass is 10.3. The van der Waals surface area contributed by atoms with E-state index in [9.17, 15) is 4.79 Å². The number of rotatable bonds is 4. The first-order valence-electron chi connectivity index (χ1n) is 4.95. The molecular weight excluding hydrogens is 222 g/mol. The number of aromatic amines is 1. The molecule has 88 valence electrons. The number of furan rings is 1. The number of nitrogens with one attached hydrogen (secondary N) is 1. The Labute approximate surface area is 97.0 Å². The van der Waals surface area contributed by atoms with Crippen LogP contribution in [0.4, 0.5) is 0 Å². The third-order valence-corrected chi connectivity index (χ3v) is 2.09. The molecule has 17 heavy (non-hydrogen) atoms. The van der Waals surface area contributed by atoms with E-state index in [1.165, 1.54) is 19.7 Å². The summed E-state index contributed by atoms with van der Waals surface area (Å²) in [6.45, 7) is 0.366. The van der Waals surface area contributed by atoms with Crippen molar-refractivity contribution in [3.63, 3.8) is 0 Å². The maximum Gasteiger partial charge on any atom is 0.263 e. The quantitative estimate of drug-likeness (QED) is 0.798. The van der Waals surface area contributed by atoms with E-state index in [1.54, 1.807) is 12.3 Å². The Morgan fingerprint density at radius 1 is 1.65 bits per heavy atom. The van der Waals surface area contributed by atoms with Gasteiger partial charge in [0, 0.05) is 6.21 Å². The average Bonchev–Trinajstić information content (AvgIpc) is 2.84. The van der Waals surface area contributed by atoms with Crippen molar-refractivity contribution in [3.05, 3.63) is 46.4 Å². The van der Waals surface area contributed by atoms with Crippen LogP contribution < -0.4 is 10.3 Å². The van der Waals surface area contributed by atoms with Gasteiger partial charge in [0.1, 0.15) is 11.3 Å². The van der Waals surface area contributed by atoms with E-state index < -0.39 is 0 Å². The van der Waals surface area contributed by atoms with Gasteiger partial charge in [-0.1, -0.05) is 0 Å². The molecule has 0 saturated carbocycles. The SMILES string of the molecule is COc1nc[nH]c(=O)c1C=NCc1ccco1. The van der Waals surface area contributed by atoms with Crippen LogP contribution in [0, 0.1) is 0 Å². The molecule has 0 aliphatic rings. The zero-order valence-electron chi connectivity index (χ0n) is 9.21. The zero-order valence-corrected chi connectivity index (χ0v) is 9.21. The van der Waals surface area contributed by atoms with Gasteiger partial charge in [-0.15, -0.1) is 0 Å². The number of H-pyrrole nitrogens is 1. The summed E-state index contributed by atoms with van der Waals surface area (Å²) in [5, 5.41) is 0. The average molecular weight is 233 g/mol. The summed E-state index contributed by atoms with van der Waals surface area (Å²) in [7, 11) is 1.45. The van der Waals surface area contributed by atoms with E-state index in [-0.39, 0.29) is 11.4 Å². The van der Waals surface area contributed by atoms with Gasteiger partial charge in [0.15, 0.2) is 0 Å². The first kappa shape index (κ1) is 11.1. The number of nitrogens with zero attached hydrogens (tertiary/aromatic N) is 2. The van der Waals surface area contributed by atoms with Crippen LogP contribution in [0.1, 0.15) is 11.3 Å². The highest BCUT2D eigenvalue weighted by molar-refractivity contribution is 5.81. The first-order valence-corrected chi connectivity index (χ1v) is 4.95. The molecule has 1 N–H and O–H groups in total. The minimum Gasteiger partial charge on any atom is -0.480 e. The maximum absolute atomic E-state index is 11.5. The molecule has 2 heterocycles. The van der Waals surface area contributed by atoms with Gasteiger partial charge in [-0.05, 0) is 12.1 Å². The fourth-order valence-electron chi connectivity index (χ4n) is 1.30. The summed E-state index contributed by atoms with van der Waals surface area (Å²) in [6, 6.07) is 3.59. The highest BCUT2D eigenvalue weighted by atomic mass is 16.5. The van der Waals surface area contributed by atoms with Crippen molar-refractivity contribution in [1.82, 2.24) is 9.97 Å². The molecule has 2 rings (SSSR count).